The van der Waals surface area contributed by atoms with Gasteiger partial charge in [-0.15, -0.1) is 0 Å². The van der Waals surface area contributed by atoms with Crippen LogP contribution in [0.25, 0.3) is 0 Å². The number of hydrogen-bond acceptors (Lipinski definition) is 4. The molecule has 0 aromatic heterocycles. The van der Waals surface area contributed by atoms with Crippen molar-refractivity contribution in [3.8, 4) is 5.75 Å². The highest BCUT2D eigenvalue weighted by atomic mass is 16.5. The molecule has 0 bridgehead atoms. The number of unbranched alkanes of at least 4 members (excludes halogenated alkanes) is 8. The Kier molecular flexibility index (Phi) is 12.8. The Hall–Kier alpha value is -2.04. The molecule has 28 heavy (non-hydrogen) atoms. The fraction of sp³-hybridized carbons (Fsp3) is 0.652. The number of benzene rings is 1. The smallest absolute Gasteiger partial charge is 0.344 e. The van der Waals surface area contributed by atoms with Gasteiger partial charge in [0.1, 0.15) is 5.75 Å². The Morgan fingerprint density at radius 2 is 1.43 bits per heavy atom. The van der Waals surface area contributed by atoms with Crippen LogP contribution in [0.3, 0.4) is 0 Å². The number of carbonyl (C=O) groups excluding carboxylic acids is 1. The molecule has 0 saturated carbocycles. The summed E-state index contributed by atoms with van der Waals surface area (Å²) in [4.78, 5) is 23.5. The van der Waals surface area contributed by atoms with Gasteiger partial charge in [0.05, 0.1) is 12.2 Å². The van der Waals surface area contributed by atoms with Gasteiger partial charge < -0.3 is 14.6 Å². The standard InChI is InChI=1S/C23H36O5/c1-3-5-7-9-10-11-13-21(22(24)25)28-20-16-14-19(15-17-20)23(26)27-18-12-8-6-4-2/h14-17,21H,3-13,18H2,1-2H3,(H,24,25). The molecule has 0 radical (unpaired) electrons. The summed E-state index contributed by atoms with van der Waals surface area (Å²) in [6.45, 7) is 4.74. The van der Waals surface area contributed by atoms with E-state index in [1.165, 1.54) is 19.3 Å². The predicted octanol–water partition coefficient (Wildman–Crippen LogP) is 6.01. The third-order valence-corrected chi connectivity index (χ3v) is 4.69. The van der Waals surface area contributed by atoms with Gasteiger partial charge in [-0.25, -0.2) is 9.59 Å². The topological polar surface area (TPSA) is 72.8 Å². The van der Waals surface area contributed by atoms with Crippen molar-refractivity contribution < 1.29 is 24.2 Å². The van der Waals surface area contributed by atoms with E-state index in [-0.39, 0.29) is 5.97 Å². The lowest BCUT2D eigenvalue weighted by Gasteiger charge is -2.15. The van der Waals surface area contributed by atoms with Gasteiger partial charge in [0.25, 0.3) is 0 Å². The fourth-order valence-corrected chi connectivity index (χ4v) is 2.95. The Morgan fingerprint density at radius 3 is 2.04 bits per heavy atom. The molecule has 1 atom stereocenters. The van der Waals surface area contributed by atoms with Crippen LogP contribution in [-0.2, 0) is 9.53 Å². The number of carboxylic acid groups (broad SMARTS) is 1. The van der Waals surface area contributed by atoms with Crippen molar-refractivity contribution in [3.63, 3.8) is 0 Å². The first-order valence-electron chi connectivity index (χ1n) is 10.7. The van der Waals surface area contributed by atoms with Crippen LogP contribution < -0.4 is 4.74 Å². The number of aliphatic carboxylic acids is 1. The molecule has 0 saturated heterocycles. The number of esters is 1. The highest BCUT2D eigenvalue weighted by Gasteiger charge is 2.19. The van der Waals surface area contributed by atoms with E-state index in [9.17, 15) is 14.7 Å². The molecule has 5 heteroatoms. The largest absolute Gasteiger partial charge is 0.479 e. The molecule has 0 aliphatic carbocycles. The quantitative estimate of drug-likeness (QED) is 0.276. The van der Waals surface area contributed by atoms with Gasteiger partial charge in [-0.2, -0.15) is 0 Å². The first-order chi connectivity index (χ1) is 13.6. The molecule has 5 nitrogen and oxygen atoms in total. The first kappa shape index (κ1) is 24.0. The van der Waals surface area contributed by atoms with Crippen LogP contribution in [0.5, 0.6) is 5.75 Å². The van der Waals surface area contributed by atoms with E-state index in [0.29, 0.717) is 24.3 Å². The SMILES string of the molecule is CCCCCCCCC(Oc1ccc(C(=O)OCCCCCC)cc1)C(=O)O. The zero-order valence-corrected chi connectivity index (χ0v) is 17.5. The van der Waals surface area contributed by atoms with Crippen LogP contribution in [0.4, 0.5) is 0 Å². The molecule has 0 aliphatic heterocycles. The second-order valence-corrected chi connectivity index (χ2v) is 7.22. The van der Waals surface area contributed by atoms with Gasteiger partial charge >= 0.3 is 11.9 Å². The summed E-state index contributed by atoms with van der Waals surface area (Å²) >= 11 is 0. The summed E-state index contributed by atoms with van der Waals surface area (Å²) in [5.74, 6) is -0.855. The fourth-order valence-electron chi connectivity index (χ4n) is 2.95. The van der Waals surface area contributed by atoms with E-state index in [4.69, 9.17) is 9.47 Å². The summed E-state index contributed by atoms with van der Waals surface area (Å²) in [6, 6.07) is 6.50. The lowest BCUT2D eigenvalue weighted by molar-refractivity contribution is -0.145. The Balaban J connectivity index is 2.40. The lowest BCUT2D eigenvalue weighted by atomic mass is 10.1. The Morgan fingerprint density at radius 1 is 0.857 bits per heavy atom. The van der Waals surface area contributed by atoms with E-state index in [1.807, 2.05) is 0 Å². The Bertz CT molecular complexity index is 553. The number of ether oxygens (including phenoxy) is 2. The normalized spacial score (nSPS) is 11.8. The van der Waals surface area contributed by atoms with Crippen LogP contribution in [-0.4, -0.2) is 29.8 Å². The molecule has 0 amide bonds. The minimum absolute atomic E-state index is 0.357. The van der Waals surface area contributed by atoms with Crippen molar-refractivity contribution in [2.24, 2.45) is 0 Å². The highest BCUT2D eigenvalue weighted by molar-refractivity contribution is 5.89. The summed E-state index contributed by atoms with van der Waals surface area (Å²) in [5.41, 5.74) is 0.450. The summed E-state index contributed by atoms with van der Waals surface area (Å²) in [7, 11) is 0. The predicted molar refractivity (Wildman–Crippen MR) is 111 cm³/mol. The average Bonchev–Trinajstić information content (AvgIpc) is 2.69. The summed E-state index contributed by atoms with van der Waals surface area (Å²) < 4.78 is 10.9. The molecule has 1 aromatic rings. The van der Waals surface area contributed by atoms with Gasteiger partial charge in [0.2, 0.25) is 0 Å². The number of carbonyl (C=O) groups is 2. The van der Waals surface area contributed by atoms with Gasteiger partial charge in [-0.05, 0) is 43.5 Å². The van der Waals surface area contributed by atoms with Crippen LogP contribution in [0, 0.1) is 0 Å². The van der Waals surface area contributed by atoms with Crippen molar-refractivity contribution in [1.29, 1.82) is 0 Å². The van der Waals surface area contributed by atoms with Crippen molar-refractivity contribution in [2.45, 2.75) is 90.6 Å². The molecule has 0 spiro atoms. The summed E-state index contributed by atoms with van der Waals surface area (Å²) in [6.07, 6.45) is 10.5. The third-order valence-electron chi connectivity index (χ3n) is 4.69. The monoisotopic (exact) mass is 392 g/mol. The van der Waals surface area contributed by atoms with Gasteiger partial charge in [-0.1, -0.05) is 65.2 Å². The number of rotatable bonds is 16. The zero-order valence-electron chi connectivity index (χ0n) is 17.5. The maximum absolute atomic E-state index is 12.0. The molecule has 1 rings (SSSR count). The van der Waals surface area contributed by atoms with E-state index in [2.05, 4.69) is 13.8 Å². The molecule has 1 unspecified atom stereocenters. The zero-order chi connectivity index (χ0) is 20.6. The molecule has 1 aromatic carbocycles. The Labute approximate surface area is 169 Å². The molecule has 0 fully saturated rings. The molecule has 1 N–H and O–H groups in total. The van der Waals surface area contributed by atoms with Crippen LogP contribution in [0.15, 0.2) is 24.3 Å². The van der Waals surface area contributed by atoms with E-state index >= 15 is 0 Å². The van der Waals surface area contributed by atoms with E-state index < -0.39 is 12.1 Å². The van der Waals surface area contributed by atoms with E-state index in [0.717, 1.165) is 44.9 Å². The molecule has 0 aliphatic rings. The second kappa shape index (κ2) is 14.9. The van der Waals surface area contributed by atoms with Crippen molar-refractivity contribution in [2.75, 3.05) is 6.61 Å². The molecule has 0 heterocycles. The minimum atomic E-state index is -0.955. The lowest BCUT2D eigenvalue weighted by Crippen LogP contribution is -2.26. The second-order valence-electron chi connectivity index (χ2n) is 7.22. The van der Waals surface area contributed by atoms with Gasteiger partial charge in [0, 0.05) is 0 Å². The van der Waals surface area contributed by atoms with Crippen LogP contribution in [0.2, 0.25) is 0 Å². The van der Waals surface area contributed by atoms with Crippen molar-refractivity contribution in [1.82, 2.24) is 0 Å². The summed E-state index contributed by atoms with van der Waals surface area (Å²) in [5, 5.41) is 9.38. The maximum Gasteiger partial charge on any atom is 0.344 e. The van der Waals surface area contributed by atoms with E-state index in [1.54, 1.807) is 24.3 Å². The number of carboxylic acids is 1. The first-order valence-corrected chi connectivity index (χ1v) is 10.7. The molecular weight excluding hydrogens is 356 g/mol. The third kappa shape index (κ3) is 10.3. The molecular formula is C23H36O5. The van der Waals surface area contributed by atoms with Crippen molar-refractivity contribution in [3.05, 3.63) is 29.8 Å². The average molecular weight is 393 g/mol. The maximum atomic E-state index is 12.0. The molecule has 158 valence electrons. The minimum Gasteiger partial charge on any atom is -0.479 e. The van der Waals surface area contributed by atoms with Crippen LogP contribution in [0.1, 0.15) is 94.8 Å². The van der Waals surface area contributed by atoms with Gasteiger partial charge in [0.15, 0.2) is 6.10 Å². The number of hydrogen-bond donors (Lipinski definition) is 1. The van der Waals surface area contributed by atoms with Crippen molar-refractivity contribution >= 4 is 11.9 Å². The highest BCUT2D eigenvalue weighted by Crippen LogP contribution is 2.18. The van der Waals surface area contributed by atoms with Crippen LogP contribution >= 0.6 is 0 Å². The van der Waals surface area contributed by atoms with Gasteiger partial charge in [-0.3, -0.25) is 0 Å².